The zero-order chi connectivity index (χ0) is 25.5. The first-order chi connectivity index (χ1) is 17.4. The van der Waals surface area contributed by atoms with Crippen LogP contribution >= 0.6 is 0 Å². The van der Waals surface area contributed by atoms with Gasteiger partial charge in [0.2, 0.25) is 5.89 Å². The predicted octanol–water partition coefficient (Wildman–Crippen LogP) is 3.89. The maximum absolute atomic E-state index is 13.7. The van der Waals surface area contributed by atoms with Gasteiger partial charge in [-0.05, 0) is 41.8 Å². The van der Waals surface area contributed by atoms with Crippen LogP contribution in [0.5, 0.6) is 5.75 Å². The molecule has 184 valence electrons. The Bertz CT molecular complexity index is 1320. The van der Waals surface area contributed by atoms with Gasteiger partial charge in [0, 0.05) is 30.6 Å². The van der Waals surface area contributed by atoms with Crippen LogP contribution in [0.15, 0.2) is 89.5 Å². The van der Waals surface area contributed by atoms with Gasteiger partial charge in [0.05, 0.1) is 5.69 Å². The highest BCUT2D eigenvalue weighted by atomic mass is 16.4. The van der Waals surface area contributed by atoms with Crippen LogP contribution in [0.25, 0.3) is 11.5 Å². The van der Waals surface area contributed by atoms with Gasteiger partial charge in [-0.25, -0.2) is 4.98 Å². The number of benzene rings is 3. The Labute approximate surface area is 208 Å². The highest BCUT2D eigenvalue weighted by Gasteiger charge is 2.23. The lowest BCUT2D eigenvalue weighted by molar-refractivity contribution is -0.138. The highest BCUT2D eigenvalue weighted by Crippen LogP contribution is 2.22. The molecule has 3 aromatic carbocycles. The lowest BCUT2D eigenvalue weighted by atomic mass is 9.98. The van der Waals surface area contributed by atoms with Gasteiger partial charge in [0.1, 0.15) is 18.1 Å². The number of aliphatic carboxylic acids is 1. The molecule has 1 amide bonds. The molecule has 8 heteroatoms. The van der Waals surface area contributed by atoms with Gasteiger partial charge in [0.15, 0.2) is 0 Å². The molecule has 4 aromatic rings. The van der Waals surface area contributed by atoms with Crippen LogP contribution in [-0.2, 0) is 24.2 Å². The van der Waals surface area contributed by atoms with Crippen molar-refractivity contribution < 1.29 is 24.2 Å². The number of amides is 1. The van der Waals surface area contributed by atoms with E-state index in [0.29, 0.717) is 36.7 Å². The minimum atomic E-state index is -1.17. The van der Waals surface area contributed by atoms with Crippen molar-refractivity contribution >= 4 is 11.9 Å². The first-order valence-corrected chi connectivity index (χ1v) is 11.5. The fourth-order valence-corrected chi connectivity index (χ4v) is 3.88. The van der Waals surface area contributed by atoms with Crippen LogP contribution in [0.3, 0.4) is 0 Å². The number of nitrogens with two attached hydrogens (primary N) is 1. The van der Waals surface area contributed by atoms with Crippen LogP contribution < -0.4 is 5.73 Å². The van der Waals surface area contributed by atoms with E-state index in [-0.39, 0.29) is 23.6 Å². The van der Waals surface area contributed by atoms with Crippen LogP contribution in [0.1, 0.15) is 27.2 Å². The third-order valence-corrected chi connectivity index (χ3v) is 5.79. The molecule has 4 N–H and O–H groups in total. The van der Waals surface area contributed by atoms with E-state index in [1.807, 2.05) is 60.7 Å². The number of carboxylic acids is 1. The molecule has 0 aliphatic carbocycles. The summed E-state index contributed by atoms with van der Waals surface area (Å²) in [5, 5.41) is 19.3. The first-order valence-electron chi connectivity index (χ1n) is 11.5. The average Bonchev–Trinajstić information content (AvgIpc) is 3.37. The predicted molar refractivity (Wildman–Crippen MR) is 134 cm³/mol. The number of rotatable bonds is 10. The number of hydrogen-bond acceptors (Lipinski definition) is 6. The molecular formula is C28H27N3O5. The van der Waals surface area contributed by atoms with Gasteiger partial charge in [-0.2, -0.15) is 0 Å². The molecule has 4 rings (SSSR count). The number of carbonyl (C=O) groups is 2. The summed E-state index contributed by atoms with van der Waals surface area (Å²) >= 11 is 0. The minimum Gasteiger partial charge on any atom is -0.508 e. The van der Waals surface area contributed by atoms with Gasteiger partial charge < -0.3 is 25.3 Å². The number of phenols is 1. The lowest BCUT2D eigenvalue weighted by Crippen LogP contribution is -2.35. The van der Waals surface area contributed by atoms with Crippen molar-refractivity contribution in [3.05, 3.63) is 108 Å². The van der Waals surface area contributed by atoms with Gasteiger partial charge in [0.25, 0.3) is 5.91 Å². The summed E-state index contributed by atoms with van der Waals surface area (Å²) < 4.78 is 5.63. The van der Waals surface area contributed by atoms with Crippen molar-refractivity contribution in [1.82, 2.24) is 9.88 Å². The van der Waals surface area contributed by atoms with E-state index in [2.05, 4.69) is 4.98 Å². The molecule has 8 nitrogen and oxygen atoms in total. The Hall–Kier alpha value is -4.43. The molecule has 0 unspecified atom stereocenters. The van der Waals surface area contributed by atoms with Crippen molar-refractivity contribution in [1.29, 1.82) is 0 Å². The quantitative estimate of drug-likeness (QED) is 0.311. The van der Waals surface area contributed by atoms with E-state index in [1.165, 1.54) is 18.2 Å². The second-order valence-corrected chi connectivity index (χ2v) is 8.46. The zero-order valence-electron chi connectivity index (χ0n) is 19.6. The smallest absolute Gasteiger partial charge is 0.320 e. The van der Waals surface area contributed by atoms with Gasteiger partial charge in [-0.15, -0.1) is 0 Å². The molecule has 0 aliphatic rings. The normalized spacial score (nSPS) is 11.7. The minimum absolute atomic E-state index is 0.0421. The molecule has 1 aromatic heterocycles. The van der Waals surface area contributed by atoms with E-state index in [4.69, 9.17) is 10.2 Å². The van der Waals surface area contributed by atoms with E-state index >= 15 is 0 Å². The highest BCUT2D eigenvalue weighted by molar-refractivity contribution is 5.96. The molecule has 1 heterocycles. The summed E-state index contributed by atoms with van der Waals surface area (Å²) in [7, 11) is 0. The molecule has 0 spiro atoms. The summed E-state index contributed by atoms with van der Waals surface area (Å²) in [6, 6.07) is 22.2. The van der Waals surface area contributed by atoms with Crippen molar-refractivity contribution in [3.8, 4) is 17.2 Å². The molecular weight excluding hydrogens is 458 g/mol. The first kappa shape index (κ1) is 24.7. The number of oxazole rings is 1. The summed E-state index contributed by atoms with van der Waals surface area (Å²) in [4.78, 5) is 31.2. The number of nitrogens with zero attached hydrogens (tertiary/aromatic N) is 2. The molecule has 1 atom stereocenters. The fourth-order valence-electron chi connectivity index (χ4n) is 3.88. The third-order valence-electron chi connectivity index (χ3n) is 5.79. The molecule has 0 saturated heterocycles. The molecule has 36 heavy (non-hydrogen) atoms. The van der Waals surface area contributed by atoms with Crippen molar-refractivity contribution in [3.63, 3.8) is 0 Å². The van der Waals surface area contributed by atoms with Crippen LogP contribution in [0, 0.1) is 0 Å². The number of carboxylic acid groups (broad SMARTS) is 1. The molecule has 0 fully saturated rings. The van der Waals surface area contributed by atoms with Crippen LogP contribution in [-0.4, -0.2) is 44.6 Å². The van der Waals surface area contributed by atoms with Crippen molar-refractivity contribution in [2.24, 2.45) is 5.73 Å². The Morgan fingerprint density at radius 2 is 1.69 bits per heavy atom. The van der Waals surface area contributed by atoms with Crippen LogP contribution in [0.2, 0.25) is 0 Å². The van der Waals surface area contributed by atoms with Gasteiger partial charge >= 0.3 is 5.97 Å². The van der Waals surface area contributed by atoms with E-state index in [9.17, 15) is 19.8 Å². The number of aromatic hydroxyl groups is 1. The average molecular weight is 486 g/mol. The monoisotopic (exact) mass is 485 g/mol. The second-order valence-electron chi connectivity index (χ2n) is 8.46. The number of phenolic OH excluding ortho intramolecular Hbond substituents is 1. The maximum Gasteiger partial charge on any atom is 0.320 e. The summed E-state index contributed by atoms with van der Waals surface area (Å²) in [6.45, 7) is 0.651. The molecule has 0 radical (unpaired) electrons. The third kappa shape index (κ3) is 6.17. The zero-order valence-corrected chi connectivity index (χ0v) is 19.6. The van der Waals surface area contributed by atoms with Crippen molar-refractivity contribution in [2.75, 3.05) is 6.54 Å². The largest absolute Gasteiger partial charge is 0.508 e. The summed E-state index contributed by atoms with van der Waals surface area (Å²) in [5.74, 6) is -1.09. The van der Waals surface area contributed by atoms with E-state index in [1.54, 1.807) is 11.2 Å². The maximum atomic E-state index is 13.7. The molecule has 0 bridgehead atoms. The molecule has 0 saturated carbocycles. The summed E-state index contributed by atoms with van der Waals surface area (Å²) in [6.07, 6.45) is 1.98. The van der Waals surface area contributed by atoms with Crippen LogP contribution in [0.4, 0.5) is 0 Å². The SMILES string of the molecule is N[C@@H](Cc1ccc(O)cc1C(=O)N(CCc1coc(-c2ccccc2)n1)Cc1ccccc1)C(=O)O. The summed E-state index contributed by atoms with van der Waals surface area (Å²) in [5.41, 5.74) is 8.90. The fraction of sp³-hybridized carbons (Fsp3) is 0.179. The standard InChI is InChI=1S/C28H27N3O5/c29-25(28(34)35)15-21-11-12-23(32)16-24(21)27(33)31(17-19-7-3-1-4-8-19)14-13-22-18-36-26(30-22)20-9-5-2-6-10-20/h1-12,16,18,25,32H,13-15,17,29H2,(H,34,35)/t25-/m0/s1. The number of hydrogen-bond donors (Lipinski definition) is 3. The Kier molecular flexibility index (Phi) is 7.77. The van der Waals surface area contributed by atoms with Crippen molar-refractivity contribution in [2.45, 2.75) is 25.4 Å². The molecule has 0 aliphatic heterocycles. The van der Waals surface area contributed by atoms with Gasteiger partial charge in [-0.1, -0.05) is 54.6 Å². The number of aromatic nitrogens is 1. The number of carbonyl (C=O) groups excluding carboxylic acids is 1. The Morgan fingerprint density at radius 1 is 1.00 bits per heavy atom. The van der Waals surface area contributed by atoms with E-state index in [0.717, 1.165) is 11.1 Å². The Morgan fingerprint density at radius 3 is 2.39 bits per heavy atom. The van der Waals surface area contributed by atoms with Gasteiger partial charge in [-0.3, -0.25) is 9.59 Å². The topological polar surface area (TPSA) is 130 Å². The Balaban J connectivity index is 1.58. The lowest BCUT2D eigenvalue weighted by Gasteiger charge is -2.24. The van der Waals surface area contributed by atoms with E-state index < -0.39 is 12.0 Å². The second kappa shape index (κ2) is 11.3.